The van der Waals surface area contributed by atoms with E-state index < -0.39 is 0 Å². The van der Waals surface area contributed by atoms with Crippen LogP contribution >= 0.6 is 11.8 Å². The summed E-state index contributed by atoms with van der Waals surface area (Å²) in [5.41, 5.74) is 5.65. The van der Waals surface area contributed by atoms with Crippen LogP contribution in [0.3, 0.4) is 0 Å². The maximum Gasteiger partial charge on any atom is 0.00281 e. The van der Waals surface area contributed by atoms with Gasteiger partial charge in [0.2, 0.25) is 0 Å². The molecule has 1 saturated heterocycles. The van der Waals surface area contributed by atoms with Crippen molar-refractivity contribution in [2.75, 3.05) is 32.4 Å². The zero-order valence-corrected chi connectivity index (χ0v) is 9.65. The van der Waals surface area contributed by atoms with Crippen LogP contribution < -0.4 is 5.73 Å². The van der Waals surface area contributed by atoms with Crippen molar-refractivity contribution in [1.29, 1.82) is 0 Å². The highest BCUT2D eigenvalue weighted by Gasteiger charge is 2.20. The first-order valence-electron chi connectivity index (χ1n) is 5.21. The van der Waals surface area contributed by atoms with Crippen LogP contribution in [0.1, 0.15) is 19.8 Å². The Morgan fingerprint density at radius 1 is 1.62 bits per heavy atom. The number of nitrogens with zero attached hydrogens (tertiary/aromatic N) is 1. The Balaban J connectivity index is 2.10. The molecule has 2 unspecified atom stereocenters. The minimum atomic E-state index is 0.768. The Hall–Kier alpha value is 0.270. The largest absolute Gasteiger partial charge is 0.330 e. The molecule has 1 heterocycles. The number of rotatable bonds is 5. The average molecular weight is 202 g/mol. The summed E-state index contributed by atoms with van der Waals surface area (Å²) in [5, 5.41) is 0.803. The van der Waals surface area contributed by atoms with Crippen molar-refractivity contribution in [3.05, 3.63) is 0 Å². The van der Waals surface area contributed by atoms with Gasteiger partial charge in [0.05, 0.1) is 0 Å². The molecule has 0 aliphatic carbocycles. The maximum atomic E-state index is 5.65. The highest BCUT2D eigenvalue weighted by atomic mass is 32.2. The van der Waals surface area contributed by atoms with Crippen molar-refractivity contribution < 1.29 is 0 Å². The van der Waals surface area contributed by atoms with Crippen LogP contribution in [0.25, 0.3) is 0 Å². The van der Waals surface area contributed by atoms with Crippen molar-refractivity contribution >= 4 is 11.8 Å². The van der Waals surface area contributed by atoms with Gasteiger partial charge in [-0.25, -0.2) is 0 Å². The van der Waals surface area contributed by atoms with Crippen LogP contribution in [-0.2, 0) is 0 Å². The lowest BCUT2D eigenvalue weighted by Gasteiger charge is -2.17. The van der Waals surface area contributed by atoms with Gasteiger partial charge in [-0.2, -0.15) is 11.8 Å². The first kappa shape index (κ1) is 11.3. The number of likely N-dealkylation sites (tertiary alicyclic amines) is 1. The Kier molecular flexibility index (Phi) is 5.14. The second-order valence-corrected chi connectivity index (χ2v) is 5.30. The zero-order valence-electron chi connectivity index (χ0n) is 8.83. The van der Waals surface area contributed by atoms with Crippen molar-refractivity contribution in [3.8, 4) is 0 Å². The van der Waals surface area contributed by atoms with E-state index in [0.717, 1.165) is 17.7 Å². The van der Waals surface area contributed by atoms with E-state index in [9.17, 15) is 0 Å². The normalized spacial score (nSPS) is 26.5. The van der Waals surface area contributed by atoms with Gasteiger partial charge in [-0.1, -0.05) is 6.92 Å². The van der Waals surface area contributed by atoms with Crippen molar-refractivity contribution in [2.24, 2.45) is 11.7 Å². The highest BCUT2D eigenvalue weighted by Crippen LogP contribution is 2.17. The summed E-state index contributed by atoms with van der Waals surface area (Å²) >= 11 is 1.96. The Labute approximate surface area is 86.2 Å². The van der Waals surface area contributed by atoms with Crippen molar-refractivity contribution in [3.63, 3.8) is 0 Å². The summed E-state index contributed by atoms with van der Waals surface area (Å²) in [6, 6.07) is 0. The summed E-state index contributed by atoms with van der Waals surface area (Å²) in [4.78, 5) is 2.56. The minimum Gasteiger partial charge on any atom is -0.330 e. The van der Waals surface area contributed by atoms with Crippen LogP contribution in [0.4, 0.5) is 0 Å². The number of hydrogen-bond acceptors (Lipinski definition) is 3. The van der Waals surface area contributed by atoms with Gasteiger partial charge in [0.1, 0.15) is 0 Å². The molecule has 2 atom stereocenters. The van der Waals surface area contributed by atoms with E-state index >= 15 is 0 Å². The molecule has 2 N–H and O–H groups in total. The molecule has 0 amide bonds. The molecule has 13 heavy (non-hydrogen) atoms. The SMILES string of the molecule is CSC(C)CCN1CCC(CN)C1. The predicted molar refractivity (Wildman–Crippen MR) is 61.2 cm³/mol. The van der Waals surface area contributed by atoms with Gasteiger partial charge in [-0.05, 0) is 44.6 Å². The Bertz CT molecular complexity index is 141. The second kappa shape index (κ2) is 5.89. The monoisotopic (exact) mass is 202 g/mol. The molecule has 1 rings (SSSR count). The fourth-order valence-electron chi connectivity index (χ4n) is 1.79. The van der Waals surface area contributed by atoms with E-state index in [1.54, 1.807) is 0 Å². The van der Waals surface area contributed by atoms with Gasteiger partial charge in [0.25, 0.3) is 0 Å². The van der Waals surface area contributed by atoms with E-state index in [1.165, 1.54) is 32.5 Å². The molecule has 0 aromatic carbocycles. The highest BCUT2D eigenvalue weighted by molar-refractivity contribution is 7.99. The average Bonchev–Trinajstić information content (AvgIpc) is 2.61. The van der Waals surface area contributed by atoms with Crippen LogP contribution in [-0.4, -0.2) is 42.6 Å². The molecule has 0 bridgehead atoms. The Morgan fingerprint density at radius 3 is 2.92 bits per heavy atom. The molecular weight excluding hydrogens is 180 g/mol. The molecule has 1 aliphatic rings. The number of hydrogen-bond donors (Lipinski definition) is 1. The van der Waals surface area contributed by atoms with Crippen molar-refractivity contribution in [2.45, 2.75) is 25.0 Å². The molecule has 0 spiro atoms. The van der Waals surface area contributed by atoms with Gasteiger partial charge >= 0.3 is 0 Å². The molecule has 78 valence electrons. The van der Waals surface area contributed by atoms with E-state index in [1.807, 2.05) is 11.8 Å². The number of thioether (sulfide) groups is 1. The summed E-state index contributed by atoms with van der Waals surface area (Å²) in [6.07, 6.45) is 4.82. The topological polar surface area (TPSA) is 29.3 Å². The summed E-state index contributed by atoms with van der Waals surface area (Å²) in [7, 11) is 0. The fourth-order valence-corrected chi connectivity index (χ4v) is 2.13. The van der Waals surface area contributed by atoms with Crippen LogP contribution in [0.15, 0.2) is 0 Å². The zero-order chi connectivity index (χ0) is 9.68. The molecule has 0 saturated carbocycles. The molecule has 1 fully saturated rings. The third kappa shape index (κ3) is 3.88. The lowest BCUT2D eigenvalue weighted by atomic mass is 10.1. The first-order valence-corrected chi connectivity index (χ1v) is 6.50. The Morgan fingerprint density at radius 2 is 2.38 bits per heavy atom. The predicted octanol–water partition coefficient (Wildman–Crippen LogP) is 1.41. The van der Waals surface area contributed by atoms with Gasteiger partial charge in [0.15, 0.2) is 0 Å². The van der Waals surface area contributed by atoms with Gasteiger partial charge in [0, 0.05) is 11.8 Å². The van der Waals surface area contributed by atoms with Crippen molar-refractivity contribution in [1.82, 2.24) is 4.90 Å². The summed E-state index contributed by atoms with van der Waals surface area (Å²) < 4.78 is 0. The quantitative estimate of drug-likeness (QED) is 0.731. The van der Waals surface area contributed by atoms with Gasteiger partial charge < -0.3 is 10.6 Å². The van der Waals surface area contributed by atoms with Crippen LogP contribution in [0, 0.1) is 5.92 Å². The van der Waals surface area contributed by atoms with Gasteiger partial charge in [-0.3, -0.25) is 0 Å². The third-order valence-electron chi connectivity index (χ3n) is 2.96. The second-order valence-electron chi connectivity index (χ2n) is 4.03. The van der Waals surface area contributed by atoms with E-state index in [0.29, 0.717) is 0 Å². The summed E-state index contributed by atoms with van der Waals surface area (Å²) in [6.45, 7) is 6.94. The molecule has 1 aliphatic heterocycles. The van der Waals surface area contributed by atoms with Gasteiger partial charge in [-0.15, -0.1) is 0 Å². The van der Waals surface area contributed by atoms with Crippen LogP contribution in [0.5, 0.6) is 0 Å². The molecule has 0 radical (unpaired) electrons. The van der Waals surface area contributed by atoms with Crippen LogP contribution in [0.2, 0.25) is 0 Å². The lowest BCUT2D eigenvalue weighted by Crippen LogP contribution is -2.25. The molecule has 3 heteroatoms. The molecule has 0 aromatic heterocycles. The third-order valence-corrected chi connectivity index (χ3v) is 4.00. The van der Waals surface area contributed by atoms with E-state index in [-0.39, 0.29) is 0 Å². The maximum absolute atomic E-state index is 5.65. The molecule has 2 nitrogen and oxygen atoms in total. The lowest BCUT2D eigenvalue weighted by molar-refractivity contribution is 0.321. The van der Waals surface area contributed by atoms with E-state index in [4.69, 9.17) is 5.73 Å². The molecule has 0 aromatic rings. The standard InChI is InChI=1S/C10H22N2S/c1-9(13-2)3-5-12-6-4-10(7-11)8-12/h9-10H,3-8,11H2,1-2H3. The van der Waals surface area contributed by atoms with E-state index in [2.05, 4.69) is 18.1 Å². The smallest absolute Gasteiger partial charge is 0.00281 e. The fraction of sp³-hybridized carbons (Fsp3) is 1.00. The first-order chi connectivity index (χ1) is 6.26. The number of nitrogens with two attached hydrogens (primary N) is 1. The summed E-state index contributed by atoms with van der Waals surface area (Å²) in [5.74, 6) is 0.768. The minimum absolute atomic E-state index is 0.768. The molecular formula is C10H22N2S.